The third-order valence-corrected chi connectivity index (χ3v) is 4.28. The summed E-state index contributed by atoms with van der Waals surface area (Å²) < 4.78 is 11.8. The van der Waals surface area contributed by atoms with Gasteiger partial charge in [0.1, 0.15) is 13.2 Å². The highest BCUT2D eigenvalue weighted by Gasteiger charge is 2.19. The highest BCUT2D eigenvalue weighted by molar-refractivity contribution is 9.10. The van der Waals surface area contributed by atoms with Gasteiger partial charge in [-0.25, -0.2) is 0 Å². The van der Waals surface area contributed by atoms with Crippen LogP contribution in [0.5, 0.6) is 11.5 Å². The summed E-state index contributed by atoms with van der Waals surface area (Å²) in [5.41, 5.74) is 2.36. The van der Waals surface area contributed by atoms with Crippen LogP contribution in [0.3, 0.4) is 0 Å². The van der Waals surface area contributed by atoms with Gasteiger partial charge in [0.15, 0.2) is 11.5 Å². The summed E-state index contributed by atoms with van der Waals surface area (Å²) in [7, 11) is 0. The van der Waals surface area contributed by atoms with Crippen molar-refractivity contribution in [3.8, 4) is 11.5 Å². The first-order valence-corrected chi connectivity index (χ1v) is 8.67. The van der Waals surface area contributed by atoms with Gasteiger partial charge < -0.3 is 20.1 Å². The van der Waals surface area contributed by atoms with Crippen molar-refractivity contribution in [1.29, 1.82) is 0 Å². The normalized spacial score (nSPS) is 12.8. The molecule has 1 amide bonds. The van der Waals surface area contributed by atoms with E-state index in [9.17, 15) is 4.79 Å². The maximum Gasteiger partial charge on any atom is 0.255 e. The van der Waals surface area contributed by atoms with Gasteiger partial charge in [-0.2, -0.15) is 0 Å². The molecule has 1 heterocycles. The monoisotopic (exact) mass is 390 g/mol. The Morgan fingerprint density at radius 1 is 1.21 bits per heavy atom. The van der Waals surface area contributed by atoms with E-state index in [2.05, 4.69) is 26.6 Å². The number of anilines is 1. The molecule has 0 unspecified atom stereocenters. The molecule has 0 aliphatic carbocycles. The largest absolute Gasteiger partial charge is 0.486 e. The molecule has 24 heavy (non-hydrogen) atoms. The van der Waals surface area contributed by atoms with E-state index in [0.29, 0.717) is 41.3 Å². The van der Waals surface area contributed by atoms with E-state index in [0.717, 1.165) is 17.8 Å². The van der Waals surface area contributed by atoms with Crippen LogP contribution in [0.1, 0.15) is 22.8 Å². The molecule has 6 heteroatoms. The second kappa shape index (κ2) is 7.68. The molecule has 0 atom stereocenters. The lowest BCUT2D eigenvalue weighted by Crippen LogP contribution is -2.19. The Hall–Kier alpha value is -2.05. The molecule has 5 nitrogen and oxygen atoms in total. The second-order valence-electron chi connectivity index (χ2n) is 5.37. The van der Waals surface area contributed by atoms with Crippen molar-refractivity contribution in [3.05, 3.63) is 52.0 Å². The minimum atomic E-state index is -0.184. The maximum atomic E-state index is 12.6. The smallest absolute Gasteiger partial charge is 0.255 e. The number of rotatable bonds is 5. The molecule has 1 aliphatic rings. The number of carbonyl (C=O) groups excluding carboxylic acids is 1. The number of ether oxygens (including phenoxy) is 2. The van der Waals surface area contributed by atoms with Gasteiger partial charge in [0.25, 0.3) is 5.91 Å². The standard InChI is InChI=1S/C18H19BrN2O3/c1-2-20-11-12-5-3-4-6-15(12)21-18(22)13-9-14(19)17-16(10-13)23-7-8-24-17/h3-6,9-10,20H,2,7-8,11H2,1H3,(H,21,22). The van der Waals surface area contributed by atoms with Crippen LogP contribution in [0.25, 0.3) is 0 Å². The quantitative estimate of drug-likeness (QED) is 0.818. The first-order valence-electron chi connectivity index (χ1n) is 7.88. The molecule has 0 saturated carbocycles. The van der Waals surface area contributed by atoms with E-state index in [1.54, 1.807) is 12.1 Å². The van der Waals surface area contributed by atoms with Crippen molar-refractivity contribution in [2.45, 2.75) is 13.5 Å². The van der Waals surface area contributed by atoms with Gasteiger partial charge in [-0.1, -0.05) is 25.1 Å². The molecular weight excluding hydrogens is 372 g/mol. The third-order valence-electron chi connectivity index (χ3n) is 3.69. The lowest BCUT2D eigenvalue weighted by atomic mass is 10.1. The Bertz CT molecular complexity index is 749. The van der Waals surface area contributed by atoms with Crippen molar-refractivity contribution < 1.29 is 14.3 Å². The van der Waals surface area contributed by atoms with E-state index < -0.39 is 0 Å². The van der Waals surface area contributed by atoms with Crippen molar-refractivity contribution in [2.24, 2.45) is 0 Å². The Labute approximate surface area is 149 Å². The second-order valence-corrected chi connectivity index (χ2v) is 6.23. The summed E-state index contributed by atoms with van der Waals surface area (Å²) in [6, 6.07) is 11.2. The summed E-state index contributed by atoms with van der Waals surface area (Å²) in [5, 5.41) is 6.25. The number of nitrogens with one attached hydrogen (secondary N) is 2. The molecule has 0 spiro atoms. The fourth-order valence-corrected chi connectivity index (χ4v) is 3.05. The van der Waals surface area contributed by atoms with Crippen LogP contribution < -0.4 is 20.1 Å². The van der Waals surface area contributed by atoms with Gasteiger partial charge >= 0.3 is 0 Å². The molecule has 0 aromatic heterocycles. The predicted octanol–water partition coefficient (Wildman–Crippen LogP) is 3.58. The zero-order chi connectivity index (χ0) is 16.9. The van der Waals surface area contributed by atoms with Crippen LogP contribution in [-0.2, 0) is 6.54 Å². The van der Waals surface area contributed by atoms with Crippen LogP contribution in [-0.4, -0.2) is 25.7 Å². The highest BCUT2D eigenvalue weighted by atomic mass is 79.9. The van der Waals surface area contributed by atoms with Crippen LogP contribution in [0.2, 0.25) is 0 Å². The molecule has 3 rings (SSSR count). The summed E-state index contributed by atoms with van der Waals surface area (Å²) in [6.07, 6.45) is 0. The van der Waals surface area contributed by atoms with Gasteiger partial charge in [-0.15, -0.1) is 0 Å². The van der Waals surface area contributed by atoms with Crippen molar-refractivity contribution in [2.75, 3.05) is 25.1 Å². The number of para-hydroxylation sites is 1. The maximum absolute atomic E-state index is 12.6. The summed E-state index contributed by atoms with van der Waals surface area (Å²) in [5.74, 6) is 1.05. The Morgan fingerprint density at radius 2 is 2.00 bits per heavy atom. The van der Waals surface area contributed by atoms with E-state index >= 15 is 0 Å². The van der Waals surface area contributed by atoms with Crippen molar-refractivity contribution in [1.82, 2.24) is 5.32 Å². The molecule has 2 N–H and O–H groups in total. The molecule has 126 valence electrons. The summed E-state index contributed by atoms with van der Waals surface area (Å²) in [6.45, 7) is 4.62. The molecule has 2 aromatic rings. The fraction of sp³-hybridized carbons (Fsp3) is 0.278. The number of carbonyl (C=O) groups is 1. The number of hydrogen-bond donors (Lipinski definition) is 2. The number of amides is 1. The van der Waals surface area contributed by atoms with E-state index in [1.165, 1.54) is 0 Å². The average molecular weight is 391 g/mol. The van der Waals surface area contributed by atoms with Crippen LogP contribution in [0.4, 0.5) is 5.69 Å². The summed E-state index contributed by atoms with van der Waals surface area (Å²) in [4.78, 5) is 12.6. The number of halogens is 1. The Kier molecular flexibility index (Phi) is 5.37. The number of hydrogen-bond acceptors (Lipinski definition) is 4. The van der Waals surface area contributed by atoms with Crippen LogP contribution in [0, 0.1) is 0 Å². The average Bonchev–Trinajstić information content (AvgIpc) is 2.61. The van der Waals surface area contributed by atoms with Crippen molar-refractivity contribution in [3.63, 3.8) is 0 Å². The van der Waals surface area contributed by atoms with E-state index in [4.69, 9.17) is 9.47 Å². The predicted molar refractivity (Wildman–Crippen MR) is 96.9 cm³/mol. The van der Waals surface area contributed by atoms with Crippen LogP contribution >= 0.6 is 15.9 Å². The fourth-order valence-electron chi connectivity index (χ4n) is 2.49. The lowest BCUT2D eigenvalue weighted by Gasteiger charge is -2.20. The van der Waals surface area contributed by atoms with E-state index in [-0.39, 0.29) is 5.91 Å². The van der Waals surface area contributed by atoms with Gasteiger partial charge in [0, 0.05) is 17.8 Å². The SMILES string of the molecule is CCNCc1ccccc1NC(=O)c1cc(Br)c2c(c1)OCCO2. The number of benzene rings is 2. The first kappa shape index (κ1) is 16.8. The first-order chi connectivity index (χ1) is 11.7. The van der Waals surface area contributed by atoms with Crippen molar-refractivity contribution >= 4 is 27.5 Å². The summed E-state index contributed by atoms with van der Waals surface area (Å²) >= 11 is 3.44. The zero-order valence-corrected chi connectivity index (χ0v) is 15.0. The van der Waals surface area contributed by atoms with Gasteiger partial charge in [0.05, 0.1) is 4.47 Å². The Morgan fingerprint density at radius 3 is 2.83 bits per heavy atom. The van der Waals surface area contributed by atoms with Gasteiger partial charge in [-0.05, 0) is 46.2 Å². The minimum Gasteiger partial charge on any atom is -0.486 e. The molecule has 0 bridgehead atoms. The van der Waals surface area contributed by atoms with Gasteiger partial charge in [-0.3, -0.25) is 4.79 Å². The topological polar surface area (TPSA) is 59.6 Å². The van der Waals surface area contributed by atoms with Crippen LogP contribution in [0.15, 0.2) is 40.9 Å². The molecule has 0 radical (unpaired) electrons. The van der Waals surface area contributed by atoms with E-state index in [1.807, 2.05) is 31.2 Å². The Balaban J connectivity index is 1.82. The number of fused-ring (bicyclic) bond motifs is 1. The van der Waals surface area contributed by atoms with Gasteiger partial charge in [0.2, 0.25) is 0 Å². The molecule has 1 aliphatic heterocycles. The highest BCUT2D eigenvalue weighted by Crippen LogP contribution is 2.38. The zero-order valence-electron chi connectivity index (χ0n) is 13.4. The molecule has 2 aromatic carbocycles. The molecular formula is C18H19BrN2O3. The molecule has 0 saturated heterocycles. The molecule has 0 fully saturated rings. The third kappa shape index (κ3) is 3.71. The minimum absolute atomic E-state index is 0.184. The lowest BCUT2D eigenvalue weighted by molar-refractivity contribution is 0.102.